The van der Waals surface area contributed by atoms with Crippen molar-refractivity contribution in [3.05, 3.63) is 36.2 Å². The van der Waals surface area contributed by atoms with Crippen molar-refractivity contribution in [1.82, 2.24) is 25.5 Å². The van der Waals surface area contributed by atoms with Gasteiger partial charge in [0.25, 0.3) is 5.91 Å². The number of carbonyl (C=O) groups is 1. The second kappa shape index (κ2) is 6.58. The molecule has 9 heteroatoms. The maximum absolute atomic E-state index is 12.9. The monoisotopic (exact) mass is 339 g/mol. The third-order valence-corrected chi connectivity index (χ3v) is 4.19. The SMILES string of the molecule is O=C(N[C@@H]1CCC[C@@H](C(F)(F)F)C1)c1cccc(-n2cnnn2)c1. The normalized spacial score (nSPS) is 21.5. The molecule has 1 fully saturated rings. The van der Waals surface area contributed by atoms with Crippen LogP contribution in [0.2, 0.25) is 0 Å². The maximum atomic E-state index is 12.9. The molecule has 1 amide bonds. The van der Waals surface area contributed by atoms with Crippen molar-refractivity contribution < 1.29 is 18.0 Å². The third kappa shape index (κ3) is 3.72. The first-order chi connectivity index (χ1) is 11.4. The number of benzene rings is 1. The Balaban J connectivity index is 1.68. The zero-order chi connectivity index (χ0) is 17.2. The van der Waals surface area contributed by atoms with Gasteiger partial charge >= 0.3 is 6.18 Å². The molecule has 1 aliphatic carbocycles. The summed E-state index contributed by atoms with van der Waals surface area (Å²) in [5.74, 6) is -1.73. The molecule has 1 aliphatic rings. The van der Waals surface area contributed by atoms with E-state index in [-0.39, 0.29) is 12.8 Å². The van der Waals surface area contributed by atoms with Gasteiger partial charge in [0.15, 0.2) is 0 Å². The van der Waals surface area contributed by atoms with Crippen LogP contribution in [0, 0.1) is 5.92 Å². The molecule has 3 rings (SSSR count). The fourth-order valence-electron chi connectivity index (χ4n) is 2.96. The molecule has 128 valence electrons. The minimum absolute atomic E-state index is 0.0675. The highest BCUT2D eigenvalue weighted by molar-refractivity contribution is 5.94. The van der Waals surface area contributed by atoms with Crippen molar-refractivity contribution in [2.24, 2.45) is 5.92 Å². The van der Waals surface area contributed by atoms with Crippen LogP contribution in [0.15, 0.2) is 30.6 Å². The Bertz CT molecular complexity index is 701. The van der Waals surface area contributed by atoms with E-state index < -0.39 is 24.0 Å². The van der Waals surface area contributed by atoms with Crippen LogP contribution < -0.4 is 5.32 Å². The van der Waals surface area contributed by atoms with E-state index in [0.29, 0.717) is 24.1 Å². The van der Waals surface area contributed by atoms with Crippen molar-refractivity contribution >= 4 is 5.91 Å². The first-order valence-corrected chi connectivity index (χ1v) is 7.64. The molecule has 0 saturated heterocycles. The Morgan fingerprint density at radius 2 is 2.12 bits per heavy atom. The van der Waals surface area contributed by atoms with E-state index in [1.165, 1.54) is 11.0 Å². The number of nitrogens with one attached hydrogen (secondary N) is 1. The second-order valence-electron chi connectivity index (χ2n) is 5.88. The first kappa shape index (κ1) is 16.4. The van der Waals surface area contributed by atoms with Gasteiger partial charge in [0.05, 0.1) is 11.6 Å². The number of halogens is 3. The van der Waals surface area contributed by atoms with Gasteiger partial charge in [0.2, 0.25) is 0 Å². The zero-order valence-corrected chi connectivity index (χ0v) is 12.7. The maximum Gasteiger partial charge on any atom is 0.391 e. The van der Waals surface area contributed by atoms with E-state index in [1.54, 1.807) is 24.3 Å². The highest BCUT2D eigenvalue weighted by Gasteiger charge is 2.42. The summed E-state index contributed by atoms with van der Waals surface area (Å²) >= 11 is 0. The number of hydrogen-bond acceptors (Lipinski definition) is 4. The van der Waals surface area contributed by atoms with Crippen LogP contribution in [-0.4, -0.2) is 38.3 Å². The average molecular weight is 339 g/mol. The van der Waals surface area contributed by atoms with E-state index >= 15 is 0 Å². The molecule has 6 nitrogen and oxygen atoms in total. The van der Waals surface area contributed by atoms with E-state index in [4.69, 9.17) is 0 Å². The van der Waals surface area contributed by atoms with Gasteiger partial charge in [-0.2, -0.15) is 13.2 Å². The smallest absolute Gasteiger partial charge is 0.349 e. The van der Waals surface area contributed by atoms with Crippen molar-refractivity contribution in [2.45, 2.75) is 37.9 Å². The molecule has 1 saturated carbocycles. The summed E-state index contributed by atoms with van der Waals surface area (Å²) in [5, 5.41) is 13.5. The molecule has 1 aromatic heterocycles. The van der Waals surface area contributed by atoms with Gasteiger partial charge in [-0.15, -0.1) is 5.10 Å². The topological polar surface area (TPSA) is 72.7 Å². The quantitative estimate of drug-likeness (QED) is 0.933. The first-order valence-electron chi connectivity index (χ1n) is 7.64. The average Bonchev–Trinajstić information content (AvgIpc) is 3.09. The highest BCUT2D eigenvalue weighted by Crippen LogP contribution is 2.37. The third-order valence-electron chi connectivity index (χ3n) is 4.19. The summed E-state index contributed by atoms with van der Waals surface area (Å²) in [6.07, 6.45) is -1.73. The van der Waals surface area contributed by atoms with Gasteiger partial charge in [-0.25, -0.2) is 4.68 Å². The minimum Gasteiger partial charge on any atom is -0.349 e. The van der Waals surface area contributed by atoms with Crippen LogP contribution in [0.4, 0.5) is 13.2 Å². The number of hydrogen-bond donors (Lipinski definition) is 1. The summed E-state index contributed by atoms with van der Waals surface area (Å²) in [7, 11) is 0. The molecule has 0 aliphatic heterocycles. The Hall–Kier alpha value is -2.45. The number of aromatic nitrogens is 4. The molecule has 0 unspecified atom stereocenters. The van der Waals surface area contributed by atoms with Crippen LogP contribution in [0.25, 0.3) is 5.69 Å². The lowest BCUT2D eigenvalue weighted by Gasteiger charge is -2.31. The number of amides is 1. The summed E-state index contributed by atoms with van der Waals surface area (Å²) in [6.45, 7) is 0. The van der Waals surface area contributed by atoms with Gasteiger partial charge in [-0.3, -0.25) is 4.79 Å². The minimum atomic E-state index is -4.20. The fourth-order valence-corrected chi connectivity index (χ4v) is 2.96. The van der Waals surface area contributed by atoms with Gasteiger partial charge in [-0.1, -0.05) is 12.5 Å². The summed E-state index contributed by atoms with van der Waals surface area (Å²) in [6, 6.07) is 6.14. The molecular weight excluding hydrogens is 323 g/mol. The lowest BCUT2D eigenvalue weighted by molar-refractivity contribution is -0.183. The van der Waals surface area contributed by atoms with E-state index in [2.05, 4.69) is 20.8 Å². The molecule has 0 spiro atoms. The molecule has 0 bridgehead atoms. The molecule has 1 N–H and O–H groups in total. The number of tetrazole rings is 1. The number of carbonyl (C=O) groups excluding carboxylic acids is 1. The van der Waals surface area contributed by atoms with Crippen molar-refractivity contribution in [2.75, 3.05) is 0 Å². The van der Waals surface area contributed by atoms with Crippen LogP contribution in [-0.2, 0) is 0 Å². The molecule has 2 aromatic rings. The molecule has 2 atom stereocenters. The Kier molecular flexibility index (Phi) is 4.50. The summed E-state index contributed by atoms with van der Waals surface area (Å²) < 4.78 is 40.0. The van der Waals surface area contributed by atoms with Crippen LogP contribution in [0.1, 0.15) is 36.0 Å². The molecule has 1 heterocycles. The molecular formula is C15H16F3N5O. The van der Waals surface area contributed by atoms with Crippen LogP contribution in [0.3, 0.4) is 0 Å². The summed E-state index contributed by atoms with van der Waals surface area (Å²) in [4.78, 5) is 12.3. The van der Waals surface area contributed by atoms with Gasteiger partial charge in [0, 0.05) is 11.6 Å². The standard InChI is InChI=1S/C15H16F3N5O/c16-15(17,18)11-4-2-5-12(8-11)20-14(24)10-3-1-6-13(7-10)23-9-19-21-22-23/h1,3,6-7,9,11-12H,2,4-5,8H2,(H,20,24)/t11-,12-/m1/s1. The Morgan fingerprint density at radius 1 is 1.29 bits per heavy atom. The number of rotatable bonds is 3. The number of alkyl halides is 3. The number of nitrogens with zero attached hydrogens (tertiary/aromatic N) is 4. The van der Waals surface area contributed by atoms with Crippen LogP contribution >= 0.6 is 0 Å². The van der Waals surface area contributed by atoms with Gasteiger partial charge in [-0.05, 0) is 47.9 Å². The largest absolute Gasteiger partial charge is 0.391 e. The van der Waals surface area contributed by atoms with Crippen molar-refractivity contribution in [3.8, 4) is 5.69 Å². The van der Waals surface area contributed by atoms with Crippen LogP contribution in [0.5, 0.6) is 0 Å². The lowest BCUT2D eigenvalue weighted by Crippen LogP contribution is -2.41. The summed E-state index contributed by atoms with van der Waals surface area (Å²) in [5.41, 5.74) is 0.960. The van der Waals surface area contributed by atoms with E-state index in [9.17, 15) is 18.0 Å². The lowest BCUT2D eigenvalue weighted by atomic mass is 9.85. The molecule has 0 radical (unpaired) electrons. The van der Waals surface area contributed by atoms with Crippen molar-refractivity contribution in [3.63, 3.8) is 0 Å². The van der Waals surface area contributed by atoms with Crippen molar-refractivity contribution in [1.29, 1.82) is 0 Å². The molecule has 1 aromatic carbocycles. The van der Waals surface area contributed by atoms with Gasteiger partial charge in [0.1, 0.15) is 6.33 Å². The van der Waals surface area contributed by atoms with E-state index in [1.807, 2.05) is 0 Å². The second-order valence-corrected chi connectivity index (χ2v) is 5.88. The zero-order valence-electron chi connectivity index (χ0n) is 12.7. The fraction of sp³-hybridized carbons (Fsp3) is 0.467. The van der Waals surface area contributed by atoms with E-state index in [0.717, 1.165) is 0 Å². The molecule has 24 heavy (non-hydrogen) atoms. The Morgan fingerprint density at radius 3 is 2.83 bits per heavy atom. The highest BCUT2D eigenvalue weighted by atomic mass is 19.4. The predicted molar refractivity (Wildman–Crippen MR) is 78.4 cm³/mol. The Labute approximate surface area is 136 Å². The predicted octanol–water partition coefficient (Wildman–Crippen LogP) is 2.51. The van der Waals surface area contributed by atoms with Gasteiger partial charge < -0.3 is 5.32 Å².